The zero-order valence-corrected chi connectivity index (χ0v) is 11.1. The first-order valence-corrected chi connectivity index (χ1v) is 8.97. The molecule has 108 valence electrons. The van der Waals surface area contributed by atoms with Crippen molar-refractivity contribution in [2.75, 3.05) is 0 Å². The van der Waals surface area contributed by atoms with Crippen molar-refractivity contribution < 1.29 is 38.9 Å². The molecule has 1 aliphatic rings. The van der Waals surface area contributed by atoms with Crippen LogP contribution in [0, 0.1) is 0 Å². The van der Waals surface area contributed by atoms with Gasteiger partial charge in [-0.15, -0.1) is 0 Å². The molecule has 0 aromatic carbocycles. The highest BCUT2D eigenvalue weighted by Crippen LogP contribution is 2.24. The van der Waals surface area contributed by atoms with Gasteiger partial charge in [-0.1, -0.05) is 0 Å². The number of nitrogens with one attached hydrogen (secondary N) is 1. The lowest BCUT2D eigenvalue weighted by atomic mass is 10.1. The van der Waals surface area contributed by atoms with Gasteiger partial charge in [0.15, 0.2) is 0 Å². The summed E-state index contributed by atoms with van der Waals surface area (Å²) in [6, 6.07) is 0. The van der Waals surface area contributed by atoms with E-state index < -0.39 is 59.2 Å². The van der Waals surface area contributed by atoms with Crippen molar-refractivity contribution in [1.82, 2.24) is 5.32 Å². The molecule has 1 rings (SSSR count). The molecule has 0 aliphatic carbocycles. The van der Waals surface area contributed by atoms with E-state index >= 15 is 0 Å². The standard InChI is InChI=1S/C5H11NO9S3/c7-16(8,9)3-1-4(17(10,11)12)6-5(2-3)18(13,14)15/h3-6H,1-2H2,(H,7,8,9)(H,10,11,12)(H,13,14,15)/t4-,5-/m0/s1. The number of hydrogen-bond acceptors (Lipinski definition) is 7. The lowest BCUT2D eigenvalue weighted by Crippen LogP contribution is -2.55. The Kier molecular flexibility index (Phi) is 4.08. The van der Waals surface area contributed by atoms with E-state index in [1.807, 2.05) is 5.32 Å². The fraction of sp³-hybridized carbons (Fsp3) is 1.00. The lowest BCUT2D eigenvalue weighted by molar-refractivity contribution is 0.358. The number of hydrogen-bond donors (Lipinski definition) is 4. The predicted molar refractivity (Wildman–Crippen MR) is 58.4 cm³/mol. The largest absolute Gasteiger partial charge is 0.285 e. The summed E-state index contributed by atoms with van der Waals surface area (Å²) in [5.41, 5.74) is 0. The van der Waals surface area contributed by atoms with Crippen molar-refractivity contribution in [2.24, 2.45) is 0 Å². The first-order valence-electron chi connectivity index (χ1n) is 4.47. The monoisotopic (exact) mass is 325 g/mol. The third kappa shape index (κ3) is 3.84. The smallest absolute Gasteiger partial charge is 0.281 e. The van der Waals surface area contributed by atoms with Gasteiger partial charge in [0.1, 0.15) is 10.7 Å². The molecule has 10 nitrogen and oxygen atoms in total. The van der Waals surface area contributed by atoms with E-state index in [1.165, 1.54) is 0 Å². The van der Waals surface area contributed by atoms with Crippen LogP contribution in [0.3, 0.4) is 0 Å². The second kappa shape index (κ2) is 4.66. The van der Waals surface area contributed by atoms with Crippen molar-refractivity contribution >= 4 is 30.4 Å². The average Bonchev–Trinajstić information content (AvgIpc) is 2.13. The van der Waals surface area contributed by atoms with Gasteiger partial charge < -0.3 is 0 Å². The molecule has 0 bridgehead atoms. The molecule has 13 heteroatoms. The highest BCUT2D eigenvalue weighted by atomic mass is 32.2. The van der Waals surface area contributed by atoms with E-state index in [2.05, 4.69) is 0 Å². The zero-order chi connectivity index (χ0) is 14.4. The van der Waals surface area contributed by atoms with Gasteiger partial charge in [0.05, 0.1) is 5.25 Å². The Labute approximate surface area is 104 Å². The predicted octanol–water partition coefficient (Wildman–Crippen LogP) is -1.95. The van der Waals surface area contributed by atoms with Crippen LogP contribution < -0.4 is 5.32 Å². The van der Waals surface area contributed by atoms with Crippen LogP contribution in [0.15, 0.2) is 0 Å². The second-order valence-corrected chi connectivity index (χ2v) is 8.68. The summed E-state index contributed by atoms with van der Waals surface area (Å²) >= 11 is 0. The highest BCUT2D eigenvalue weighted by Gasteiger charge is 2.44. The summed E-state index contributed by atoms with van der Waals surface area (Å²) < 4.78 is 91.6. The summed E-state index contributed by atoms with van der Waals surface area (Å²) in [5, 5.41) is -3.66. The molecule has 0 aromatic rings. The van der Waals surface area contributed by atoms with Crippen LogP contribution in [0.1, 0.15) is 12.8 Å². The Morgan fingerprint density at radius 2 is 1.06 bits per heavy atom. The van der Waals surface area contributed by atoms with Crippen LogP contribution in [0.5, 0.6) is 0 Å². The lowest BCUT2D eigenvalue weighted by Gasteiger charge is -2.31. The Morgan fingerprint density at radius 3 is 1.28 bits per heavy atom. The third-order valence-electron chi connectivity index (χ3n) is 2.47. The molecule has 0 aromatic heterocycles. The first-order chi connectivity index (χ1) is 7.82. The zero-order valence-electron chi connectivity index (χ0n) is 8.66. The minimum absolute atomic E-state index is 0.732. The molecule has 0 saturated carbocycles. The van der Waals surface area contributed by atoms with Gasteiger partial charge in [0.2, 0.25) is 0 Å². The molecule has 1 aliphatic heterocycles. The molecular weight excluding hydrogens is 314 g/mol. The molecule has 2 atom stereocenters. The van der Waals surface area contributed by atoms with Crippen molar-refractivity contribution in [3.8, 4) is 0 Å². The molecule has 1 heterocycles. The topological polar surface area (TPSA) is 175 Å². The first kappa shape index (κ1) is 15.7. The number of piperidine rings is 1. The van der Waals surface area contributed by atoms with E-state index in [0.29, 0.717) is 0 Å². The van der Waals surface area contributed by atoms with Crippen LogP contribution in [0.2, 0.25) is 0 Å². The normalized spacial score (nSPS) is 31.2. The Morgan fingerprint density at radius 1 is 0.722 bits per heavy atom. The van der Waals surface area contributed by atoms with Crippen molar-refractivity contribution in [3.63, 3.8) is 0 Å². The summed E-state index contributed by atoms with van der Waals surface area (Å²) in [6.45, 7) is 0. The molecule has 0 radical (unpaired) electrons. The highest BCUT2D eigenvalue weighted by molar-refractivity contribution is 7.88. The Bertz CT molecular complexity index is 521. The van der Waals surface area contributed by atoms with Crippen molar-refractivity contribution in [2.45, 2.75) is 28.8 Å². The fourth-order valence-corrected chi connectivity index (χ4v) is 4.40. The van der Waals surface area contributed by atoms with Gasteiger partial charge >= 0.3 is 0 Å². The maximum atomic E-state index is 10.9. The molecule has 18 heavy (non-hydrogen) atoms. The van der Waals surface area contributed by atoms with Crippen LogP contribution in [-0.4, -0.2) is 54.9 Å². The summed E-state index contributed by atoms with van der Waals surface area (Å²) in [5.74, 6) is 0. The van der Waals surface area contributed by atoms with E-state index in [1.54, 1.807) is 0 Å². The summed E-state index contributed by atoms with van der Waals surface area (Å²) in [4.78, 5) is 0. The molecule has 1 fully saturated rings. The van der Waals surface area contributed by atoms with Gasteiger partial charge in [0.25, 0.3) is 30.4 Å². The van der Waals surface area contributed by atoms with Gasteiger partial charge in [-0.3, -0.25) is 19.0 Å². The van der Waals surface area contributed by atoms with Gasteiger partial charge in [0, 0.05) is 0 Å². The molecular formula is C5H11NO9S3. The number of rotatable bonds is 3. The molecule has 0 spiro atoms. The van der Waals surface area contributed by atoms with Gasteiger partial charge in [-0.05, 0) is 12.8 Å². The van der Waals surface area contributed by atoms with E-state index in [0.717, 1.165) is 0 Å². The quantitative estimate of drug-likeness (QED) is 0.427. The van der Waals surface area contributed by atoms with E-state index in [-0.39, 0.29) is 0 Å². The maximum Gasteiger partial charge on any atom is 0.281 e. The average molecular weight is 325 g/mol. The minimum Gasteiger partial charge on any atom is -0.285 e. The maximum absolute atomic E-state index is 10.9. The molecule has 0 unspecified atom stereocenters. The summed E-state index contributed by atoms with van der Waals surface area (Å²) in [6.07, 6.45) is -1.46. The van der Waals surface area contributed by atoms with Crippen LogP contribution >= 0.6 is 0 Å². The Hall–Kier alpha value is -0.310. The van der Waals surface area contributed by atoms with Crippen LogP contribution in [0.4, 0.5) is 0 Å². The second-order valence-electron chi connectivity index (χ2n) is 3.78. The molecule has 1 saturated heterocycles. The fourth-order valence-electron chi connectivity index (χ4n) is 1.58. The molecule has 0 amide bonds. The molecule has 4 N–H and O–H groups in total. The third-order valence-corrected chi connectivity index (χ3v) is 5.79. The van der Waals surface area contributed by atoms with Gasteiger partial charge in [-0.2, -0.15) is 25.3 Å². The Balaban J connectivity index is 3.16. The van der Waals surface area contributed by atoms with Crippen molar-refractivity contribution in [1.29, 1.82) is 0 Å². The van der Waals surface area contributed by atoms with Crippen LogP contribution in [-0.2, 0) is 30.4 Å². The SMILES string of the molecule is O=S(=O)(O)C1C[C@H](S(=O)(=O)O)N[C@@H](S(=O)(=O)O)C1. The summed E-state index contributed by atoms with van der Waals surface area (Å²) in [7, 11) is -14.3. The van der Waals surface area contributed by atoms with Crippen molar-refractivity contribution in [3.05, 3.63) is 0 Å². The minimum atomic E-state index is -4.77. The van der Waals surface area contributed by atoms with Gasteiger partial charge in [-0.25, -0.2) is 0 Å². The van der Waals surface area contributed by atoms with Crippen LogP contribution in [0.25, 0.3) is 0 Å². The van der Waals surface area contributed by atoms with E-state index in [9.17, 15) is 25.3 Å². The van der Waals surface area contributed by atoms with E-state index in [4.69, 9.17) is 13.7 Å².